The molecule has 0 atom stereocenters. The smallest absolute Gasteiger partial charge is 0.129 e. The van der Waals surface area contributed by atoms with Crippen LogP contribution in [-0.4, -0.2) is 9.78 Å². The molecule has 0 unspecified atom stereocenters. The SMILES string of the molecule is Cc1ccc(-c2c(C(C)(C)C)nn(C)c2N)cc1. The molecule has 1 aromatic heterocycles. The Morgan fingerprint density at radius 1 is 1.11 bits per heavy atom. The predicted octanol–water partition coefficient (Wildman–Crippen LogP) is 3.28. The number of aryl methyl sites for hydroxylation is 2. The van der Waals surface area contributed by atoms with Crippen LogP contribution in [0.15, 0.2) is 24.3 Å². The molecule has 2 aromatic rings. The molecular weight excluding hydrogens is 222 g/mol. The van der Waals surface area contributed by atoms with E-state index in [2.05, 4.69) is 57.1 Å². The van der Waals surface area contributed by atoms with E-state index in [1.807, 2.05) is 7.05 Å². The molecule has 0 aliphatic rings. The molecule has 18 heavy (non-hydrogen) atoms. The summed E-state index contributed by atoms with van der Waals surface area (Å²) >= 11 is 0. The summed E-state index contributed by atoms with van der Waals surface area (Å²) in [6, 6.07) is 8.43. The van der Waals surface area contributed by atoms with Gasteiger partial charge in [0.05, 0.1) is 5.69 Å². The molecule has 0 fully saturated rings. The van der Waals surface area contributed by atoms with Gasteiger partial charge in [-0.05, 0) is 12.5 Å². The molecule has 3 nitrogen and oxygen atoms in total. The first-order valence-corrected chi connectivity index (χ1v) is 6.20. The maximum Gasteiger partial charge on any atom is 0.129 e. The zero-order chi connectivity index (χ0) is 13.5. The Bertz CT molecular complexity index is 557. The van der Waals surface area contributed by atoms with E-state index in [4.69, 9.17) is 5.73 Å². The van der Waals surface area contributed by atoms with Crippen molar-refractivity contribution in [1.82, 2.24) is 9.78 Å². The van der Waals surface area contributed by atoms with Gasteiger partial charge in [-0.3, -0.25) is 4.68 Å². The summed E-state index contributed by atoms with van der Waals surface area (Å²) in [5.74, 6) is 0.726. The first-order chi connectivity index (χ1) is 8.30. The topological polar surface area (TPSA) is 43.8 Å². The lowest BCUT2D eigenvalue weighted by atomic mass is 9.87. The van der Waals surface area contributed by atoms with Gasteiger partial charge in [0.15, 0.2) is 0 Å². The van der Waals surface area contributed by atoms with E-state index in [1.165, 1.54) is 5.56 Å². The lowest BCUT2D eigenvalue weighted by Gasteiger charge is -2.17. The number of rotatable bonds is 1. The molecule has 0 aliphatic carbocycles. The second kappa shape index (κ2) is 4.16. The molecule has 0 spiro atoms. The van der Waals surface area contributed by atoms with Crippen molar-refractivity contribution in [3.05, 3.63) is 35.5 Å². The normalized spacial score (nSPS) is 11.8. The highest BCUT2D eigenvalue weighted by atomic mass is 15.3. The number of hydrogen-bond acceptors (Lipinski definition) is 2. The van der Waals surface area contributed by atoms with Crippen LogP contribution in [0.2, 0.25) is 0 Å². The number of nitrogens with zero attached hydrogens (tertiary/aromatic N) is 2. The molecule has 2 N–H and O–H groups in total. The summed E-state index contributed by atoms with van der Waals surface area (Å²) in [4.78, 5) is 0. The Kier molecular flexibility index (Phi) is 2.93. The fourth-order valence-corrected chi connectivity index (χ4v) is 2.07. The molecule has 0 saturated carbocycles. The van der Waals surface area contributed by atoms with Crippen molar-refractivity contribution in [3.63, 3.8) is 0 Å². The van der Waals surface area contributed by atoms with E-state index in [-0.39, 0.29) is 5.41 Å². The van der Waals surface area contributed by atoms with Crippen molar-refractivity contribution in [2.75, 3.05) is 5.73 Å². The molecule has 0 radical (unpaired) electrons. The first-order valence-electron chi connectivity index (χ1n) is 6.20. The van der Waals surface area contributed by atoms with Crippen LogP contribution < -0.4 is 5.73 Å². The number of nitrogen functional groups attached to an aromatic ring is 1. The predicted molar refractivity (Wildman–Crippen MR) is 76.5 cm³/mol. The zero-order valence-corrected chi connectivity index (χ0v) is 11.8. The molecule has 96 valence electrons. The average Bonchev–Trinajstić information content (AvgIpc) is 2.57. The lowest BCUT2D eigenvalue weighted by Crippen LogP contribution is -2.13. The van der Waals surface area contributed by atoms with Gasteiger partial charge in [0.2, 0.25) is 0 Å². The van der Waals surface area contributed by atoms with Gasteiger partial charge < -0.3 is 5.73 Å². The molecule has 1 aromatic carbocycles. The van der Waals surface area contributed by atoms with Gasteiger partial charge in [-0.2, -0.15) is 5.10 Å². The summed E-state index contributed by atoms with van der Waals surface area (Å²) in [5, 5.41) is 4.57. The lowest BCUT2D eigenvalue weighted by molar-refractivity contribution is 0.555. The number of anilines is 1. The van der Waals surface area contributed by atoms with Crippen molar-refractivity contribution < 1.29 is 0 Å². The van der Waals surface area contributed by atoms with Gasteiger partial charge in [0.1, 0.15) is 5.82 Å². The van der Waals surface area contributed by atoms with Crippen LogP contribution in [0.5, 0.6) is 0 Å². The van der Waals surface area contributed by atoms with Crippen LogP contribution in [0, 0.1) is 6.92 Å². The number of benzene rings is 1. The van der Waals surface area contributed by atoms with Crippen LogP contribution >= 0.6 is 0 Å². The monoisotopic (exact) mass is 243 g/mol. The maximum atomic E-state index is 6.17. The molecule has 3 heteroatoms. The molecule has 2 rings (SSSR count). The summed E-state index contributed by atoms with van der Waals surface area (Å²) in [6.07, 6.45) is 0. The van der Waals surface area contributed by atoms with Gasteiger partial charge in [0, 0.05) is 18.0 Å². The Balaban J connectivity index is 2.66. The van der Waals surface area contributed by atoms with Crippen molar-refractivity contribution in [2.24, 2.45) is 7.05 Å². The third kappa shape index (κ3) is 2.13. The van der Waals surface area contributed by atoms with Gasteiger partial charge in [-0.15, -0.1) is 0 Å². The van der Waals surface area contributed by atoms with Crippen LogP contribution in [0.4, 0.5) is 5.82 Å². The minimum Gasteiger partial charge on any atom is -0.383 e. The molecule has 0 bridgehead atoms. The number of nitrogens with two attached hydrogens (primary N) is 1. The summed E-state index contributed by atoms with van der Waals surface area (Å²) < 4.78 is 1.76. The highest BCUT2D eigenvalue weighted by Crippen LogP contribution is 2.36. The third-order valence-electron chi connectivity index (χ3n) is 3.14. The van der Waals surface area contributed by atoms with Gasteiger partial charge in [-0.1, -0.05) is 50.6 Å². The van der Waals surface area contributed by atoms with Gasteiger partial charge in [-0.25, -0.2) is 0 Å². The van der Waals surface area contributed by atoms with E-state index >= 15 is 0 Å². The highest BCUT2D eigenvalue weighted by molar-refractivity contribution is 5.77. The second-order valence-electron chi connectivity index (χ2n) is 5.85. The summed E-state index contributed by atoms with van der Waals surface area (Å²) in [6.45, 7) is 8.56. The first kappa shape index (κ1) is 12.7. The minimum absolute atomic E-state index is 0.0183. The number of hydrogen-bond donors (Lipinski definition) is 1. The largest absolute Gasteiger partial charge is 0.383 e. The Labute approximate surface area is 109 Å². The van der Waals surface area contributed by atoms with E-state index in [0.29, 0.717) is 0 Å². The van der Waals surface area contributed by atoms with Crippen LogP contribution in [-0.2, 0) is 12.5 Å². The number of aromatic nitrogens is 2. The Hall–Kier alpha value is -1.77. The van der Waals surface area contributed by atoms with Gasteiger partial charge in [0.25, 0.3) is 0 Å². The molecular formula is C15H21N3. The molecule has 1 heterocycles. The van der Waals surface area contributed by atoms with Crippen molar-refractivity contribution >= 4 is 5.82 Å². The Morgan fingerprint density at radius 3 is 2.17 bits per heavy atom. The van der Waals surface area contributed by atoms with E-state index < -0.39 is 0 Å². The van der Waals surface area contributed by atoms with E-state index in [1.54, 1.807) is 4.68 Å². The minimum atomic E-state index is -0.0183. The maximum absolute atomic E-state index is 6.17. The average molecular weight is 243 g/mol. The van der Waals surface area contributed by atoms with Crippen LogP contribution in [0.3, 0.4) is 0 Å². The molecule has 0 aliphatic heterocycles. The van der Waals surface area contributed by atoms with Crippen LogP contribution in [0.25, 0.3) is 11.1 Å². The van der Waals surface area contributed by atoms with Crippen LogP contribution in [0.1, 0.15) is 32.0 Å². The summed E-state index contributed by atoms with van der Waals surface area (Å²) in [5.41, 5.74) is 10.6. The fourth-order valence-electron chi connectivity index (χ4n) is 2.07. The quantitative estimate of drug-likeness (QED) is 0.835. The fraction of sp³-hybridized carbons (Fsp3) is 0.400. The zero-order valence-electron chi connectivity index (χ0n) is 11.8. The summed E-state index contributed by atoms with van der Waals surface area (Å²) in [7, 11) is 1.89. The highest BCUT2D eigenvalue weighted by Gasteiger charge is 2.25. The van der Waals surface area contributed by atoms with Gasteiger partial charge >= 0.3 is 0 Å². The Morgan fingerprint density at radius 2 is 1.67 bits per heavy atom. The van der Waals surface area contributed by atoms with Crippen molar-refractivity contribution in [1.29, 1.82) is 0 Å². The van der Waals surface area contributed by atoms with Crippen molar-refractivity contribution in [3.8, 4) is 11.1 Å². The molecule has 0 saturated heterocycles. The third-order valence-corrected chi connectivity index (χ3v) is 3.14. The second-order valence-corrected chi connectivity index (χ2v) is 5.85. The van der Waals surface area contributed by atoms with E-state index in [9.17, 15) is 0 Å². The van der Waals surface area contributed by atoms with Crippen molar-refractivity contribution in [2.45, 2.75) is 33.1 Å². The van der Waals surface area contributed by atoms with E-state index in [0.717, 1.165) is 22.6 Å². The standard InChI is InChI=1S/C15H21N3/c1-10-6-8-11(9-7-10)12-13(15(2,3)4)17-18(5)14(12)16/h6-9H,16H2,1-5H3. The molecule has 0 amide bonds.